The standard InChI is InChI=1S/C15H22N2O4/c1-11(2)15(3,19)10-16-14(18)8-7-12-5-4-6-13(9-12)17(20)21/h4-6,9,11,19H,7-8,10H2,1-3H3,(H,16,18). The van der Waals surface area contributed by atoms with E-state index in [1.54, 1.807) is 19.1 Å². The van der Waals surface area contributed by atoms with Crippen LogP contribution in [0.4, 0.5) is 5.69 Å². The maximum Gasteiger partial charge on any atom is 0.269 e. The van der Waals surface area contributed by atoms with Gasteiger partial charge < -0.3 is 10.4 Å². The molecule has 0 aliphatic carbocycles. The lowest BCUT2D eigenvalue weighted by Gasteiger charge is -2.27. The largest absolute Gasteiger partial charge is 0.388 e. The average molecular weight is 294 g/mol. The minimum Gasteiger partial charge on any atom is -0.388 e. The fraction of sp³-hybridized carbons (Fsp3) is 0.533. The van der Waals surface area contributed by atoms with Gasteiger partial charge in [-0.05, 0) is 24.8 Å². The van der Waals surface area contributed by atoms with E-state index in [1.807, 2.05) is 13.8 Å². The van der Waals surface area contributed by atoms with Gasteiger partial charge in [-0.1, -0.05) is 26.0 Å². The van der Waals surface area contributed by atoms with E-state index in [0.717, 1.165) is 5.56 Å². The summed E-state index contributed by atoms with van der Waals surface area (Å²) in [5.41, 5.74) is -0.174. The lowest BCUT2D eigenvalue weighted by atomic mass is 9.92. The Balaban J connectivity index is 2.47. The van der Waals surface area contributed by atoms with Gasteiger partial charge in [0.25, 0.3) is 5.69 Å². The fourth-order valence-corrected chi connectivity index (χ4v) is 1.65. The monoisotopic (exact) mass is 294 g/mol. The highest BCUT2D eigenvalue weighted by molar-refractivity contribution is 5.76. The summed E-state index contributed by atoms with van der Waals surface area (Å²) in [5.74, 6) is -0.142. The molecule has 6 heteroatoms. The van der Waals surface area contributed by atoms with Gasteiger partial charge in [-0.25, -0.2) is 0 Å². The highest BCUT2D eigenvalue weighted by Gasteiger charge is 2.25. The van der Waals surface area contributed by atoms with E-state index in [9.17, 15) is 20.0 Å². The Labute approximate surface area is 124 Å². The van der Waals surface area contributed by atoms with Gasteiger partial charge in [0.05, 0.1) is 10.5 Å². The minimum absolute atomic E-state index is 0.0237. The third kappa shape index (κ3) is 5.51. The van der Waals surface area contributed by atoms with Crippen molar-refractivity contribution in [2.24, 2.45) is 5.92 Å². The highest BCUT2D eigenvalue weighted by Crippen LogP contribution is 2.16. The molecule has 1 atom stereocenters. The third-order valence-corrected chi connectivity index (χ3v) is 3.65. The van der Waals surface area contributed by atoms with Crippen LogP contribution in [0.5, 0.6) is 0 Å². The van der Waals surface area contributed by atoms with E-state index in [1.165, 1.54) is 12.1 Å². The molecule has 0 bridgehead atoms. The normalized spacial score (nSPS) is 13.8. The first-order chi connectivity index (χ1) is 9.72. The number of hydrogen-bond acceptors (Lipinski definition) is 4. The summed E-state index contributed by atoms with van der Waals surface area (Å²) in [7, 11) is 0. The van der Waals surface area contributed by atoms with E-state index < -0.39 is 10.5 Å². The molecule has 1 unspecified atom stereocenters. The number of carbonyl (C=O) groups excluding carboxylic acids is 1. The van der Waals surface area contributed by atoms with Crippen LogP contribution in [0.2, 0.25) is 0 Å². The maximum atomic E-state index is 11.7. The van der Waals surface area contributed by atoms with Crippen LogP contribution in [0.3, 0.4) is 0 Å². The number of nitrogens with zero attached hydrogens (tertiary/aromatic N) is 1. The first-order valence-electron chi connectivity index (χ1n) is 6.95. The van der Waals surface area contributed by atoms with Gasteiger partial charge >= 0.3 is 0 Å². The molecule has 0 aliphatic rings. The molecular formula is C15H22N2O4. The zero-order chi connectivity index (χ0) is 16.0. The average Bonchev–Trinajstić information content (AvgIpc) is 2.43. The topological polar surface area (TPSA) is 92.5 Å². The molecule has 0 radical (unpaired) electrons. The Bertz CT molecular complexity index is 512. The van der Waals surface area contributed by atoms with Crippen LogP contribution in [-0.2, 0) is 11.2 Å². The first kappa shape index (κ1) is 17.1. The van der Waals surface area contributed by atoms with Gasteiger partial charge in [-0.3, -0.25) is 14.9 Å². The Hall–Kier alpha value is -1.95. The molecule has 0 saturated heterocycles. The minimum atomic E-state index is -0.943. The van der Waals surface area contributed by atoms with Crippen LogP contribution in [0, 0.1) is 16.0 Å². The van der Waals surface area contributed by atoms with Crippen LogP contribution < -0.4 is 5.32 Å². The molecule has 0 fully saturated rings. The number of nitro groups is 1. The summed E-state index contributed by atoms with van der Waals surface area (Å²) in [6.45, 7) is 5.64. The summed E-state index contributed by atoms with van der Waals surface area (Å²) in [4.78, 5) is 22.0. The molecule has 21 heavy (non-hydrogen) atoms. The number of hydrogen-bond donors (Lipinski definition) is 2. The van der Waals surface area contributed by atoms with Gasteiger partial charge in [-0.2, -0.15) is 0 Å². The first-order valence-corrected chi connectivity index (χ1v) is 6.95. The molecule has 0 aromatic heterocycles. The van der Waals surface area contributed by atoms with Crippen molar-refractivity contribution in [3.63, 3.8) is 0 Å². The lowest BCUT2D eigenvalue weighted by Crippen LogP contribution is -2.44. The van der Waals surface area contributed by atoms with Crippen molar-refractivity contribution in [1.82, 2.24) is 5.32 Å². The van der Waals surface area contributed by atoms with E-state index in [2.05, 4.69) is 5.32 Å². The summed E-state index contributed by atoms with van der Waals surface area (Å²) in [6.07, 6.45) is 0.659. The molecular weight excluding hydrogens is 272 g/mol. The Morgan fingerprint density at radius 2 is 2.14 bits per heavy atom. The van der Waals surface area contributed by atoms with Crippen molar-refractivity contribution in [2.75, 3.05) is 6.54 Å². The van der Waals surface area contributed by atoms with Crippen molar-refractivity contribution >= 4 is 11.6 Å². The predicted molar refractivity (Wildman–Crippen MR) is 79.9 cm³/mol. The molecule has 116 valence electrons. The number of aryl methyl sites for hydroxylation is 1. The van der Waals surface area contributed by atoms with E-state index >= 15 is 0 Å². The number of benzene rings is 1. The number of non-ortho nitro benzene ring substituents is 1. The van der Waals surface area contributed by atoms with Crippen LogP contribution in [-0.4, -0.2) is 28.1 Å². The molecule has 2 N–H and O–H groups in total. The van der Waals surface area contributed by atoms with Gasteiger partial charge in [0, 0.05) is 25.1 Å². The smallest absolute Gasteiger partial charge is 0.269 e. The number of nitro benzene ring substituents is 1. The molecule has 0 spiro atoms. The molecule has 0 saturated carbocycles. The second-order valence-corrected chi connectivity index (χ2v) is 5.72. The summed E-state index contributed by atoms with van der Waals surface area (Å²) in [6, 6.07) is 6.25. The summed E-state index contributed by atoms with van der Waals surface area (Å²) >= 11 is 0. The van der Waals surface area contributed by atoms with Crippen LogP contribution >= 0.6 is 0 Å². The molecule has 1 amide bonds. The van der Waals surface area contributed by atoms with Crippen molar-refractivity contribution < 1.29 is 14.8 Å². The number of carbonyl (C=O) groups is 1. The van der Waals surface area contributed by atoms with Gasteiger partial charge in [0.2, 0.25) is 5.91 Å². The number of rotatable bonds is 7. The zero-order valence-corrected chi connectivity index (χ0v) is 12.6. The molecule has 1 aromatic rings. The summed E-state index contributed by atoms with van der Waals surface area (Å²) < 4.78 is 0. The highest BCUT2D eigenvalue weighted by atomic mass is 16.6. The second kappa shape index (κ2) is 7.17. The molecule has 1 aromatic carbocycles. The molecule has 6 nitrogen and oxygen atoms in total. The predicted octanol–water partition coefficient (Wildman–Crippen LogP) is 2.05. The van der Waals surface area contributed by atoms with Crippen molar-refractivity contribution in [3.8, 4) is 0 Å². The lowest BCUT2D eigenvalue weighted by molar-refractivity contribution is -0.384. The third-order valence-electron chi connectivity index (χ3n) is 3.65. The molecule has 0 heterocycles. The van der Waals surface area contributed by atoms with Crippen LogP contribution in [0.15, 0.2) is 24.3 Å². The number of amides is 1. The molecule has 1 rings (SSSR count). The number of aliphatic hydroxyl groups is 1. The van der Waals surface area contributed by atoms with Crippen LogP contribution in [0.1, 0.15) is 32.8 Å². The molecule has 0 aliphatic heterocycles. The fourth-order valence-electron chi connectivity index (χ4n) is 1.65. The van der Waals surface area contributed by atoms with Crippen molar-refractivity contribution in [2.45, 2.75) is 39.2 Å². The van der Waals surface area contributed by atoms with Crippen LogP contribution in [0.25, 0.3) is 0 Å². The van der Waals surface area contributed by atoms with Gasteiger partial charge in [-0.15, -0.1) is 0 Å². The van der Waals surface area contributed by atoms with E-state index in [0.29, 0.717) is 6.42 Å². The SMILES string of the molecule is CC(C)C(C)(O)CNC(=O)CCc1cccc([N+](=O)[O-])c1. The van der Waals surface area contributed by atoms with E-state index in [4.69, 9.17) is 0 Å². The Morgan fingerprint density at radius 1 is 1.48 bits per heavy atom. The maximum absolute atomic E-state index is 11.7. The summed E-state index contributed by atoms with van der Waals surface area (Å²) in [5, 5.41) is 23.4. The quantitative estimate of drug-likeness (QED) is 0.594. The zero-order valence-electron chi connectivity index (χ0n) is 12.6. The second-order valence-electron chi connectivity index (χ2n) is 5.72. The van der Waals surface area contributed by atoms with Crippen molar-refractivity contribution in [3.05, 3.63) is 39.9 Å². The number of nitrogens with one attached hydrogen (secondary N) is 1. The van der Waals surface area contributed by atoms with Gasteiger partial charge in [0.1, 0.15) is 0 Å². The van der Waals surface area contributed by atoms with Crippen molar-refractivity contribution in [1.29, 1.82) is 0 Å². The van der Waals surface area contributed by atoms with Gasteiger partial charge in [0.15, 0.2) is 0 Å². The Morgan fingerprint density at radius 3 is 2.71 bits per heavy atom. The Kier molecular flexibility index (Phi) is 5.84. The van der Waals surface area contributed by atoms with E-state index in [-0.39, 0.29) is 30.5 Å².